The van der Waals surface area contributed by atoms with E-state index in [2.05, 4.69) is 12.1 Å². The lowest BCUT2D eigenvalue weighted by Gasteiger charge is -2.26. The van der Waals surface area contributed by atoms with E-state index in [1.54, 1.807) is 46.9 Å². The number of furan rings is 1. The molecule has 1 saturated heterocycles. The van der Waals surface area contributed by atoms with E-state index in [-0.39, 0.29) is 4.90 Å². The van der Waals surface area contributed by atoms with Crippen molar-refractivity contribution >= 4 is 56.0 Å². The highest BCUT2D eigenvalue weighted by molar-refractivity contribution is 7.98. The Morgan fingerprint density at radius 2 is 1.73 bits per heavy atom. The summed E-state index contributed by atoms with van der Waals surface area (Å²) in [5, 5.41) is 7.74. The van der Waals surface area contributed by atoms with Crippen LogP contribution in [0.4, 0.5) is 5.69 Å². The molecule has 1 fully saturated rings. The molecule has 1 aliphatic rings. The molecule has 6 rings (SSSR count). The first-order chi connectivity index (χ1) is 19.5. The summed E-state index contributed by atoms with van der Waals surface area (Å²) in [7, 11) is -3.58. The maximum Gasteiger partial charge on any atom is 0.243 e. The van der Waals surface area contributed by atoms with Gasteiger partial charge in [0.15, 0.2) is 5.76 Å². The molecule has 8 nitrogen and oxygen atoms in total. The molecule has 3 aromatic carbocycles. The highest BCUT2D eigenvalue weighted by Crippen LogP contribution is 2.29. The molecule has 1 aliphatic heterocycles. The minimum Gasteiger partial charge on any atom is -0.454 e. The number of aromatic nitrogens is 1. The van der Waals surface area contributed by atoms with Gasteiger partial charge in [-0.05, 0) is 60.4 Å². The number of rotatable bonds is 7. The van der Waals surface area contributed by atoms with Crippen molar-refractivity contribution in [2.45, 2.75) is 9.79 Å². The third-order valence-corrected chi connectivity index (χ3v) is 9.94. The molecule has 0 atom stereocenters. The molecule has 0 amide bonds. The third kappa shape index (κ3) is 5.56. The predicted molar refractivity (Wildman–Crippen MR) is 160 cm³/mol. The summed E-state index contributed by atoms with van der Waals surface area (Å²) < 4.78 is 40.7. The van der Waals surface area contributed by atoms with Crippen molar-refractivity contribution in [1.82, 2.24) is 8.98 Å². The van der Waals surface area contributed by atoms with Crippen molar-refractivity contribution in [1.29, 1.82) is 0 Å². The van der Waals surface area contributed by atoms with Gasteiger partial charge < -0.3 is 9.15 Å². The Labute approximate surface area is 240 Å². The highest BCUT2D eigenvalue weighted by atomic mass is 32.2. The van der Waals surface area contributed by atoms with Crippen LogP contribution in [0.3, 0.4) is 0 Å². The number of benzene rings is 3. The Morgan fingerprint density at radius 1 is 0.975 bits per heavy atom. The third-order valence-electron chi connectivity index (χ3n) is 6.47. The van der Waals surface area contributed by atoms with Gasteiger partial charge in [0.1, 0.15) is 11.3 Å². The maximum atomic E-state index is 13.0. The molecule has 2 aromatic heterocycles. The second-order valence-corrected chi connectivity index (χ2v) is 12.7. The van der Waals surface area contributed by atoms with Gasteiger partial charge in [0.05, 0.1) is 30.0 Å². The SMILES string of the molecule is CSc1ccc(C=Nn2c(-c3cc4ccccc4o3)csc2=Nc2ccc(S(=O)(=O)N3CCOCC3)cc2)cc1. The topological polar surface area (TPSA) is 89.4 Å². The molecule has 3 heterocycles. The molecular weight excluding hydrogens is 565 g/mol. The molecule has 0 aliphatic carbocycles. The van der Waals surface area contributed by atoms with Gasteiger partial charge in [0.2, 0.25) is 14.8 Å². The molecular formula is C29H26N4O4S3. The zero-order chi connectivity index (χ0) is 27.5. The molecule has 204 valence electrons. The minimum atomic E-state index is -3.58. The summed E-state index contributed by atoms with van der Waals surface area (Å²) in [5.74, 6) is 0.681. The fourth-order valence-corrected chi connectivity index (χ4v) is 6.97. The quantitative estimate of drug-likeness (QED) is 0.176. The van der Waals surface area contributed by atoms with Crippen LogP contribution in [0.25, 0.3) is 22.4 Å². The number of morpholine rings is 1. The Kier molecular flexibility index (Phi) is 7.72. The lowest BCUT2D eigenvalue weighted by atomic mass is 10.2. The number of thiazole rings is 1. The average Bonchev–Trinajstić information content (AvgIpc) is 3.61. The van der Waals surface area contributed by atoms with Gasteiger partial charge in [-0.2, -0.15) is 9.41 Å². The zero-order valence-electron chi connectivity index (χ0n) is 21.6. The first-order valence-electron chi connectivity index (χ1n) is 12.6. The predicted octanol–water partition coefficient (Wildman–Crippen LogP) is 5.82. The molecule has 0 spiro atoms. The zero-order valence-corrected chi connectivity index (χ0v) is 24.1. The van der Waals surface area contributed by atoms with Crippen molar-refractivity contribution in [3.8, 4) is 11.5 Å². The number of para-hydroxylation sites is 1. The molecule has 0 bridgehead atoms. The molecule has 0 N–H and O–H groups in total. The Morgan fingerprint density at radius 3 is 2.45 bits per heavy atom. The summed E-state index contributed by atoms with van der Waals surface area (Å²) in [6.07, 6.45) is 3.84. The van der Waals surface area contributed by atoms with Crippen molar-refractivity contribution in [2.24, 2.45) is 10.1 Å². The van der Waals surface area contributed by atoms with E-state index in [4.69, 9.17) is 19.2 Å². The summed E-state index contributed by atoms with van der Waals surface area (Å²) in [6.45, 7) is 1.51. The minimum absolute atomic E-state index is 0.238. The molecule has 0 unspecified atom stereocenters. The van der Waals surface area contributed by atoms with Crippen LogP contribution in [-0.4, -0.2) is 56.2 Å². The Hall–Kier alpha value is -3.48. The summed E-state index contributed by atoms with van der Waals surface area (Å²) >= 11 is 3.12. The van der Waals surface area contributed by atoms with Gasteiger partial charge in [-0.3, -0.25) is 0 Å². The lowest BCUT2D eigenvalue weighted by Crippen LogP contribution is -2.40. The number of thioether (sulfide) groups is 1. The molecule has 0 radical (unpaired) electrons. The lowest BCUT2D eigenvalue weighted by molar-refractivity contribution is 0.0730. The maximum absolute atomic E-state index is 13.0. The summed E-state index contributed by atoms with van der Waals surface area (Å²) in [6, 6.07) is 24.6. The van der Waals surface area contributed by atoms with E-state index in [1.165, 1.54) is 20.5 Å². The van der Waals surface area contributed by atoms with Crippen molar-refractivity contribution < 1.29 is 17.6 Å². The second kappa shape index (κ2) is 11.6. The van der Waals surface area contributed by atoms with E-state index < -0.39 is 10.0 Å². The van der Waals surface area contributed by atoms with Crippen molar-refractivity contribution in [3.05, 3.63) is 94.6 Å². The van der Waals surface area contributed by atoms with Crippen LogP contribution >= 0.6 is 23.1 Å². The molecule has 11 heteroatoms. The average molecular weight is 591 g/mol. The van der Waals surface area contributed by atoms with Crippen LogP contribution in [0.2, 0.25) is 0 Å². The van der Waals surface area contributed by atoms with Crippen LogP contribution in [0.1, 0.15) is 5.56 Å². The van der Waals surface area contributed by atoms with E-state index >= 15 is 0 Å². The number of sulfonamides is 1. The van der Waals surface area contributed by atoms with Gasteiger partial charge in [0.25, 0.3) is 0 Å². The largest absolute Gasteiger partial charge is 0.454 e. The van der Waals surface area contributed by atoms with Gasteiger partial charge in [-0.1, -0.05) is 30.3 Å². The normalized spacial score (nSPS) is 15.4. The van der Waals surface area contributed by atoms with E-state index in [1.807, 2.05) is 54.1 Å². The highest BCUT2D eigenvalue weighted by Gasteiger charge is 2.26. The van der Waals surface area contributed by atoms with Gasteiger partial charge in [0, 0.05) is 28.8 Å². The summed E-state index contributed by atoms with van der Waals surface area (Å²) in [5.41, 5.74) is 3.13. The first kappa shape index (κ1) is 26.7. The van der Waals surface area contributed by atoms with Crippen molar-refractivity contribution in [3.63, 3.8) is 0 Å². The van der Waals surface area contributed by atoms with Gasteiger partial charge in [-0.25, -0.2) is 18.1 Å². The Balaban J connectivity index is 1.38. The molecule has 5 aromatic rings. The number of hydrogen-bond donors (Lipinski definition) is 0. The fourth-order valence-electron chi connectivity index (χ4n) is 4.32. The van der Waals surface area contributed by atoms with Crippen LogP contribution in [0.5, 0.6) is 0 Å². The fraction of sp³-hybridized carbons (Fsp3) is 0.172. The van der Waals surface area contributed by atoms with Gasteiger partial charge >= 0.3 is 0 Å². The number of ether oxygens (including phenoxy) is 1. The van der Waals surface area contributed by atoms with E-state index in [9.17, 15) is 8.42 Å². The Bertz CT molecular complexity index is 1800. The number of nitrogens with zero attached hydrogens (tertiary/aromatic N) is 4. The van der Waals surface area contributed by atoms with E-state index in [0.29, 0.717) is 42.6 Å². The van der Waals surface area contributed by atoms with Crippen LogP contribution in [0, 0.1) is 0 Å². The second-order valence-electron chi connectivity index (χ2n) is 9.00. The summed E-state index contributed by atoms with van der Waals surface area (Å²) in [4.78, 5) is 6.85. The standard InChI is InChI=1S/C29H26N4O4S3/c1-38-24-10-6-21(7-11-24)19-30-33-26(28-18-22-4-2-3-5-27(22)37-28)20-39-29(33)31-23-8-12-25(13-9-23)40(34,35)32-14-16-36-17-15-32/h2-13,18-20H,14-17H2,1H3. The molecule has 0 saturated carbocycles. The van der Waals surface area contributed by atoms with Crippen molar-refractivity contribution in [2.75, 3.05) is 32.6 Å². The smallest absolute Gasteiger partial charge is 0.243 e. The monoisotopic (exact) mass is 590 g/mol. The van der Waals surface area contributed by atoms with Gasteiger partial charge in [-0.15, -0.1) is 23.1 Å². The van der Waals surface area contributed by atoms with Crippen LogP contribution in [-0.2, 0) is 14.8 Å². The first-order valence-corrected chi connectivity index (χ1v) is 16.2. The van der Waals surface area contributed by atoms with Crippen LogP contribution in [0.15, 0.2) is 109 Å². The van der Waals surface area contributed by atoms with Crippen LogP contribution < -0.4 is 4.80 Å². The number of hydrogen-bond acceptors (Lipinski definition) is 8. The molecule has 40 heavy (non-hydrogen) atoms. The number of fused-ring (bicyclic) bond motifs is 1. The van der Waals surface area contributed by atoms with E-state index in [0.717, 1.165) is 22.2 Å².